The van der Waals surface area contributed by atoms with Crippen LogP contribution in [0.5, 0.6) is 0 Å². The van der Waals surface area contributed by atoms with Crippen LogP contribution in [-0.4, -0.2) is 6.04 Å². The lowest BCUT2D eigenvalue weighted by atomic mass is 9.95. The molecular formula is C15H22BrF2N. The molecule has 0 saturated heterocycles. The molecule has 0 atom stereocenters. The van der Waals surface area contributed by atoms with E-state index in [-0.39, 0.29) is 16.2 Å². The molecule has 19 heavy (non-hydrogen) atoms. The minimum absolute atomic E-state index is 0.153. The van der Waals surface area contributed by atoms with E-state index >= 15 is 0 Å². The lowest BCUT2D eigenvalue weighted by Crippen LogP contribution is -2.24. The zero-order valence-corrected chi connectivity index (χ0v) is 13.5. The van der Waals surface area contributed by atoms with Crippen LogP contribution in [0.4, 0.5) is 14.5 Å². The van der Waals surface area contributed by atoms with Crippen LogP contribution in [-0.2, 0) is 0 Å². The molecule has 1 nitrogen and oxygen atoms in total. The second-order valence-corrected chi connectivity index (χ2v) is 6.70. The molecule has 1 aromatic carbocycles. The predicted octanol–water partition coefficient (Wildman–Crippen LogP) is 5.60. The van der Waals surface area contributed by atoms with Crippen LogP contribution in [0.1, 0.15) is 40.5 Å². The van der Waals surface area contributed by atoms with E-state index in [4.69, 9.17) is 0 Å². The summed E-state index contributed by atoms with van der Waals surface area (Å²) >= 11 is 2.98. The topological polar surface area (TPSA) is 12.0 Å². The van der Waals surface area contributed by atoms with Crippen LogP contribution in [0.25, 0.3) is 0 Å². The van der Waals surface area contributed by atoms with Gasteiger partial charge in [0.05, 0.1) is 10.2 Å². The molecule has 0 aliphatic rings. The normalized spacial score (nSPS) is 11.7. The van der Waals surface area contributed by atoms with Crippen LogP contribution >= 0.6 is 15.9 Å². The highest BCUT2D eigenvalue weighted by Crippen LogP contribution is 2.26. The van der Waals surface area contributed by atoms with E-state index in [0.29, 0.717) is 11.8 Å². The summed E-state index contributed by atoms with van der Waals surface area (Å²) < 4.78 is 27.4. The maximum atomic E-state index is 13.8. The fourth-order valence-corrected chi connectivity index (χ4v) is 2.52. The first kappa shape index (κ1) is 16.4. The van der Waals surface area contributed by atoms with Crippen molar-refractivity contribution in [2.45, 2.75) is 46.6 Å². The SMILES string of the molecule is CC(C)CC(CC(C)C)Nc1cc(F)c(Br)cc1F. The van der Waals surface area contributed by atoms with Crippen LogP contribution < -0.4 is 5.32 Å². The molecule has 108 valence electrons. The van der Waals surface area contributed by atoms with Gasteiger partial charge in [0.15, 0.2) is 0 Å². The zero-order valence-electron chi connectivity index (χ0n) is 11.9. The number of hydrogen-bond acceptors (Lipinski definition) is 1. The Morgan fingerprint density at radius 2 is 1.53 bits per heavy atom. The van der Waals surface area contributed by atoms with Gasteiger partial charge >= 0.3 is 0 Å². The maximum absolute atomic E-state index is 13.8. The smallest absolute Gasteiger partial charge is 0.147 e. The summed E-state index contributed by atoms with van der Waals surface area (Å²) in [4.78, 5) is 0. The summed E-state index contributed by atoms with van der Waals surface area (Å²) in [6.07, 6.45) is 1.88. The molecular weight excluding hydrogens is 312 g/mol. The van der Waals surface area contributed by atoms with Crippen molar-refractivity contribution in [3.63, 3.8) is 0 Å². The van der Waals surface area contributed by atoms with Gasteiger partial charge in [-0.05, 0) is 46.7 Å². The van der Waals surface area contributed by atoms with Crippen molar-refractivity contribution in [1.29, 1.82) is 0 Å². The van der Waals surface area contributed by atoms with Crippen molar-refractivity contribution in [2.24, 2.45) is 11.8 Å². The summed E-state index contributed by atoms with van der Waals surface area (Å²) in [7, 11) is 0. The van der Waals surface area contributed by atoms with Gasteiger partial charge in [-0.1, -0.05) is 27.7 Å². The van der Waals surface area contributed by atoms with E-state index in [2.05, 4.69) is 48.9 Å². The minimum Gasteiger partial charge on any atom is -0.380 e. The van der Waals surface area contributed by atoms with Crippen molar-refractivity contribution in [1.82, 2.24) is 0 Å². The first-order valence-corrected chi connectivity index (χ1v) is 7.50. The van der Waals surface area contributed by atoms with Crippen LogP contribution in [0.2, 0.25) is 0 Å². The van der Waals surface area contributed by atoms with Gasteiger partial charge < -0.3 is 5.32 Å². The fraction of sp³-hybridized carbons (Fsp3) is 0.600. The molecule has 1 aromatic rings. The van der Waals surface area contributed by atoms with Gasteiger partial charge in [-0.3, -0.25) is 0 Å². The van der Waals surface area contributed by atoms with Crippen LogP contribution in [0.15, 0.2) is 16.6 Å². The summed E-state index contributed by atoms with van der Waals surface area (Å²) in [5.74, 6) is 0.154. The highest BCUT2D eigenvalue weighted by atomic mass is 79.9. The molecule has 0 unspecified atom stereocenters. The molecule has 1 rings (SSSR count). The van der Waals surface area contributed by atoms with Crippen molar-refractivity contribution >= 4 is 21.6 Å². The molecule has 4 heteroatoms. The number of benzene rings is 1. The summed E-state index contributed by atoms with van der Waals surface area (Å²) in [6.45, 7) is 8.53. The zero-order chi connectivity index (χ0) is 14.6. The van der Waals surface area contributed by atoms with Gasteiger partial charge in [-0.2, -0.15) is 0 Å². The Morgan fingerprint density at radius 3 is 2.00 bits per heavy atom. The molecule has 0 saturated carbocycles. The molecule has 0 bridgehead atoms. The van der Waals surface area contributed by atoms with Gasteiger partial charge in [-0.15, -0.1) is 0 Å². The number of nitrogens with one attached hydrogen (secondary N) is 1. The van der Waals surface area contributed by atoms with Crippen molar-refractivity contribution in [3.05, 3.63) is 28.2 Å². The molecule has 0 aromatic heterocycles. The highest BCUT2D eigenvalue weighted by molar-refractivity contribution is 9.10. The third-order valence-corrected chi connectivity index (χ3v) is 3.49. The summed E-state index contributed by atoms with van der Waals surface area (Å²) in [6, 6.07) is 2.54. The number of rotatable bonds is 6. The Hall–Kier alpha value is -0.640. The van der Waals surface area contributed by atoms with Gasteiger partial charge in [0.25, 0.3) is 0 Å². The average Bonchev–Trinajstić information content (AvgIpc) is 2.23. The Labute approximate surface area is 122 Å². The summed E-state index contributed by atoms with van der Waals surface area (Å²) in [5.41, 5.74) is 0.243. The second kappa shape index (κ2) is 7.22. The third kappa shape index (κ3) is 5.47. The molecule has 0 spiro atoms. The van der Waals surface area contributed by atoms with Gasteiger partial charge in [0.1, 0.15) is 11.6 Å². The average molecular weight is 334 g/mol. The third-order valence-electron chi connectivity index (χ3n) is 2.88. The van der Waals surface area contributed by atoms with Gasteiger partial charge in [0, 0.05) is 12.1 Å². The lowest BCUT2D eigenvalue weighted by molar-refractivity contribution is 0.440. The number of anilines is 1. The quantitative estimate of drug-likeness (QED) is 0.668. The molecule has 0 heterocycles. The molecule has 0 fully saturated rings. The van der Waals surface area contributed by atoms with E-state index in [1.54, 1.807) is 0 Å². The number of halogens is 3. The molecule has 1 N–H and O–H groups in total. The van der Waals surface area contributed by atoms with Crippen LogP contribution in [0.3, 0.4) is 0 Å². The van der Waals surface area contributed by atoms with E-state index in [1.807, 2.05) is 0 Å². The van der Waals surface area contributed by atoms with E-state index in [0.717, 1.165) is 12.8 Å². The maximum Gasteiger partial charge on any atom is 0.147 e. The largest absolute Gasteiger partial charge is 0.380 e. The fourth-order valence-electron chi connectivity index (χ4n) is 2.21. The Balaban J connectivity index is 2.86. The Morgan fingerprint density at radius 1 is 1.00 bits per heavy atom. The van der Waals surface area contributed by atoms with E-state index in [1.165, 1.54) is 12.1 Å². The first-order chi connectivity index (χ1) is 8.79. The lowest BCUT2D eigenvalue weighted by Gasteiger charge is -2.24. The first-order valence-electron chi connectivity index (χ1n) is 6.70. The van der Waals surface area contributed by atoms with E-state index in [9.17, 15) is 8.78 Å². The van der Waals surface area contributed by atoms with Crippen molar-refractivity contribution in [3.8, 4) is 0 Å². The Kier molecular flexibility index (Phi) is 6.24. The highest BCUT2D eigenvalue weighted by Gasteiger charge is 2.16. The predicted molar refractivity (Wildman–Crippen MR) is 80.4 cm³/mol. The molecule has 0 aliphatic heterocycles. The van der Waals surface area contributed by atoms with Crippen molar-refractivity contribution < 1.29 is 8.78 Å². The van der Waals surface area contributed by atoms with Gasteiger partial charge in [-0.25, -0.2) is 8.78 Å². The minimum atomic E-state index is -0.447. The van der Waals surface area contributed by atoms with Gasteiger partial charge in [0.2, 0.25) is 0 Å². The summed E-state index contributed by atoms with van der Waals surface area (Å²) in [5, 5.41) is 3.14. The van der Waals surface area contributed by atoms with Crippen LogP contribution in [0, 0.1) is 23.5 Å². The van der Waals surface area contributed by atoms with Crippen molar-refractivity contribution in [2.75, 3.05) is 5.32 Å². The van der Waals surface area contributed by atoms with E-state index < -0.39 is 11.6 Å². The monoisotopic (exact) mass is 333 g/mol. The molecule has 0 radical (unpaired) electrons. The molecule has 0 amide bonds. The second-order valence-electron chi connectivity index (χ2n) is 5.85. The number of hydrogen-bond donors (Lipinski definition) is 1. The Bertz CT molecular complexity index is 409. The standard InChI is InChI=1S/C15H22BrF2N/c1-9(2)5-11(6-10(3)4)19-15-8-13(17)12(16)7-14(15)18/h7-11,19H,5-6H2,1-4H3. The molecule has 0 aliphatic carbocycles.